The Labute approximate surface area is 71.9 Å². The van der Waals surface area contributed by atoms with Crippen molar-refractivity contribution < 1.29 is 0 Å². The van der Waals surface area contributed by atoms with Crippen LogP contribution >= 0.6 is 11.3 Å². The maximum absolute atomic E-state index is 3.63. The molecule has 0 atom stereocenters. The lowest BCUT2D eigenvalue weighted by Gasteiger charge is -1.89. The van der Waals surface area contributed by atoms with E-state index in [1.165, 1.54) is 16.0 Å². The van der Waals surface area contributed by atoms with Gasteiger partial charge in [-0.3, -0.25) is 0 Å². The number of allylic oxidation sites excluding steroid dienone is 2. The lowest BCUT2D eigenvalue weighted by Crippen LogP contribution is -1.72. The Kier molecular flexibility index (Phi) is 2.66. The molecule has 0 amide bonds. The fourth-order valence-electron chi connectivity index (χ4n) is 0.843. The van der Waals surface area contributed by atoms with Gasteiger partial charge in [-0.05, 0) is 36.4 Å². The second-order valence-electron chi connectivity index (χ2n) is 2.50. The normalized spacial score (nSPS) is 10.7. The van der Waals surface area contributed by atoms with Gasteiger partial charge in [-0.1, -0.05) is 18.7 Å². The zero-order chi connectivity index (χ0) is 8.27. The quantitative estimate of drug-likeness (QED) is 0.586. The average molecular weight is 164 g/mol. The average Bonchev–Trinajstić information content (AvgIpc) is 2.31. The molecule has 0 aliphatic heterocycles. The van der Waals surface area contributed by atoms with Crippen LogP contribution in [0.15, 0.2) is 24.1 Å². The molecular formula is C10H12S. The monoisotopic (exact) mass is 164 g/mol. The first-order chi connectivity index (χ1) is 5.25. The highest BCUT2D eigenvalue weighted by Crippen LogP contribution is 2.21. The summed E-state index contributed by atoms with van der Waals surface area (Å²) in [5.74, 6) is 0. The van der Waals surface area contributed by atoms with E-state index in [0.717, 1.165) is 0 Å². The smallest absolute Gasteiger partial charge is 0.0302 e. The van der Waals surface area contributed by atoms with Crippen molar-refractivity contribution in [1.82, 2.24) is 0 Å². The standard InChI is InChI=1S/C10H12S/c1-4-5-6-10-9(3)8(2)7-11-10/h4-7H,1H2,2-3H3/b6-5-. The first-order valence-electron chi connectivity index (χ1n) is 3.59. The summed E-state index contributed by atoms with van der Waals surface area (Å²) >= 11 is 1.78. The van der Waals surface area contributed by atoms with E-state index in [-0.39, 0.29) is 0 Å². The van der Waals surface area contributed by atoms with Crippen LogP contribution in [0, 0.1) is 13.8 Å². The molecule has 0 fully saturated rings. The third kappa shape index (κ3) is 1.81. The Morgan fingerprint density at radius 1 is 1.45 bits per heavy atom. The van der Waals surface area contributed by atoms with Crippen LogP contribution in [-0.4, -0.2) is 0 Å². The Morgan fingerprint density at radius 3 is 2.64 bits per heavy atom. The van der Waals surface area contributed by atoms with Crippen LogP contribution in [0.1, 0.15) is 16.0 Å². The van der Waals surface area contributed by atoms with Gasteiger partial charge < -0.3 is 0 Å². The van der Waals surface area contributed by atoms with Crippen LogP contribution < -0.4 is 0 Å². The Bertz CT molecular complexity index is 279. The highest BCUT2D eigenvalue weighted by atomic mass is 32.1. The second kappa shape index (κ2) is 3.54. The number of hydrogen-bond donors (Lipinski definition) is 0. The van der Waals surface area contributed by atoms with Gasteiger partial charge in [-0.25, -0.2) is 0 Å². The van der Waals surface area contributed by atoms with E-state index in [1.54, 1.807) is 17.4 Å². The van der Waals surface area contributed by atoms with Gasteiger partial charge in [-0.15, -0.1) is 11.3 Å². The van der Waals surface area contributed by atoms with Crippen molar-refractivity contribution in [2.45, 2.75) is 13.8 Å². The fourth-order valence-corrected chi connectivity index (χ4v) is 1.82. The van der Waals surface area contributed by atoms with E-state index in [4.69, 9.17) is 0 Å². The maximum atomic E-state index is 3.63. The predicted octanol–water partition coefficient (Wildman–Crippen LogP) is 3.56. The maximum Gasteiger partial charge on any atom is 0.0302 e. The number of aryl methyl sites for hydroxylation is 1. The second-order valence-corrected chi connectivity index (χ2v) is 3.41. The minimum atomic E-state index is 1.34. The van der Waals surface area contributed by atoms with Gasteiger partial charge in [0.15, 0.2) is 0 Å². The molecule has 0 saturated carbocycles. The molecule has 0 aliphatic rings. The van der Waals surface area contributed by atoms with Crippen molar-refractivity contribution in [2.75, 3.05) is 0 Å². The lowest BCUT2D eigenvalue weighted by atomic mass is 10.2. The van der Waals surface area contributed by atoms with E-state index >= 15 is 0 Å². The van der Waals surface area contributed by atoms with Crippen molar-refractivity contribution in [2.24, 2.45) is 0 Å². The van der Waals surface area contributed by atoms with Gasteiger partial charge in [0, 0.05) is 4.88 Å². The van der Waals surface area contributed by atoms with E-state index in [2.05, 4.69) is 31.9 Å². The van der Waals surface area contributed by atoms with Gasteiger partial charge in [0.05, 0.1) is 0 Å². The van der Waals surface area contributed by atoms with Crippen molar-refractivity contribution in [3.8, 4) is 0 Å². The summed E-state index contributed by atoms with van der Waals surface area (Å²) < 4.78 is 0. The molecule has 0 spiro atoms. The molecule has 1 rings (SSSR count). The molecule has 1 heterocycles. The molecule has 0 nitrogen and oxygen atoms in total. The van der Waals surface area contributed by atoms with Crippen molar-refractivity contribution in [3.05, 3.63) is 40.1 Å². The van der Waals surface area contributed by atoms with Crippen LogP contribution in [0.4, 0.5) is 0 Å². The number of hydrogen-bond acceptors (Lipinski definition) is 1. The predicted molar refractivity (Wildman–Crippen MR) is 53.0 cm³/mol. The Hall–Kier alpha value is -0.820. The SMILES string of the molecule is C=C/C=C\c1scc(C)c1C. The first kappa shape index (κ1) is 8.28. The summed E-state index contributed by atoms with van der Waals surface area (Å²) in [6, 6.07) is 0. The van der Waals surface area contributed by atoms with E-state index in [1.807, 2.05) is 6.08 Å². The summed E-state index contributed by atoms with van der Waals surface area (Å²) in [6.07, 6.45) is 5.87. The molecule has 0 N–H and O–H groups in total. The van der Waals surface area contributed by atoms with Gasteiger partial charge in [-0.2, -0.15) is 0 Å². The molecule has 0 radical (unpaired) electrons. The van der Waals surface area contributed by atoms with Crippen LogP contribution in [0.25, 0.3) is 6.08 Å². The zero-order valence-electron chi connectivity index (χ0n) is 6.92. The summed E-state index contributed by atoms with van der Waals surface area (Å²) in [4.78, 5) is 1.34. The molecule has 0 bridgehead atoms. The number of thiophene rings is 1. The van der Waals surface area contributed by atoms with Crippen LogP contribution in [0.5, 0.6) is 0 Å². The zero-order valence-corrected chi connectivity index (χ0v) is 7.74. The van der Waals surface area contributed by atoms with Crippen LogP contribution in [-0.2, 0) is 0 Å². The van der Waals surface area contributed by atoms with Crippen LogP contribution in [0.2, 0.25) is 0 Å². The van der Waals surface area contributed by atoms with Gasteiger partial charge in [0.2, 0.25) is 0 Å². The van der Waals surface area contributed by atoms with Crippen molar-refractivity contribution >= 4 is 17.4 Å². The van der Waals surface area contributed by atoms with Crippen molar-refractivity contribution in [1.29, 1.82) is 0 Å². The lowest BCUT2D eigenvalue weighted by molar-refractivity contribution is 1.39. The Balaban J connectivity index is 2.95. The molecule has 1 aromatic heterocycles. The number of rotatable bonds is 2. The van der Waals surface area contributed by atoms with E-state index in [9.17, 15) is 0 Å². The highest BCUT2D eigenvalue weighted by Gasteiger charge is 1.98. The van der Waals surface area contributed by atoms with Gasteiger partial charge in [0.25, 0.3) is 0 Å². The minimum Gasteiger partial charge on any atom is -0.144 e. The van der Waals surface area contributed by atoms with Gasteiger partial charge in [0.1, 0.15) is 0 Å². The molecule has 0 aliphatic carbocycles. The molecule has 11 heavy (non-hydrogen) atoms. The highest BCUT2D eigenvalue weighted by molar-refractivity contribution is 7.11. The third-order valence-corrected chi connectivity index (χ3v) is 2.88. The molecule has 0 aromatic carbocycles. The van der Waals surface area contributed by atoms with E-state index < -0.39 is 0 Å². The third-order valence-electron chi connectivity index (χ3n) is 1.71. The van der Waals surface area contributed by atoms with E-state index in [0.29, 0.717) is 0 Å². The summed E-state index contributed by atoms with van der Waals surface area (Å²) in [7, 11) is 0. The molecule has 0 saturated heterocycles. The molecular weight excluding hydrogens is 152 g/mol. The fraction of sp³-hybridized carbons (Fsp3) is 0.200. The first-order valence-corrected chi connectivity index (χ1v) is 4.47. The minimum absolute atomic E-state index is 1.34. The van der Waals surface area contributed by atoms with Gasteiger partial charge >= 0.3 is 0 Å². The molecule has 0 unspecified atom stereocenters. The largest absolute Gasteiger partial charge is 0.144 e. The summed E-state index contributed by atoms with van der Waals surface area (Å²) in [5, 5.41) is 2.18. The summed E-state index contributed by atoms with van der Waals surface area (Å²) in [5.41, 5.74) is 2.76. The Morgan fingerprint density at radius 2 is 2.18 bits per heavy atom. The van der Waals surface area contributed by atoms with Crippen molar-refractivity contribution in [3.63, 3.8) is 0 Å². The topological polar surface area (TPSA) is 0 Å². The molecule has 58 valence electrons. The van der Waals surface area contributed by atoms with Crippen LogP contribution in [0.3, 0.4) is 0 Å². The molecule has 1 aromatic rings. The summed E-state index contributed by atoms with van der Waals surface area (Å²) in [6.45, 7) is 7.91. The molecule has 1 heteroatoms.